The van der Waals surface area contributed by atoms with Gasteiger partial charge >= 0.3 is 6.03 Å². The Labute approximate surface area is 114 Å². The van der Waals surface area contributed by atoms with Crippen molar-refractivity contribution in [1.29, 1.82) is 0 Å². The molecule has 1 unspecified atom stereocenters. The molecule has 1 aliphatic heterocycles. The van der Waals surface area contributed by atoms with E-state index in [-0.39, 0.29) is 17.5 Å². The first-order chi connectivity index (χ1) is 8.77. The predicted octanol–water partition coefficient (Wildman–Crippen LogP) is -1.08. The molecule has 0 aromatic rings. The molecule has 1 aliphatic rings. The molecule has 7 heteroatoms. The fourth-order valence-corrected chi connectivity index (χ4v) is 2.24. The third-order valence-electron chi connectivity index (χ3n) is 3.84. The Morgan fingerprint density at radius 3 is 2.21 bits per heavy atom. The van der Waals surface area contributed by atoms with E-state index in [1.807, 2.05) is 4.90 Å². The minimum atomic E-state index is -0.806. The van der Waals surface area contributed by atoms with Gasteiger partial charge in [0.05, 0.1) is 6.04 Å². The van der Waals surface area contributed by atoms with E-state index in [4.69, 9.17) is 11.5 Å². The largest absolute Gasteiger partial charge is 0.351 e. The van der Waals surface area contributed by atoms with Gasteiger partial charge in [-0.3, -0.25) is 19.9 Å². The van der Waals surface area contributed by atoms with Crippen molar-refractivity contribution in [3.63, 3.8) is 0 Å². The zero-order valence-corrected chi connectivity index (χ0v) is 12.0. The highest BCUT2D eigenvalue weighted by atomic mass is 16.2. The van der Waals surface area contributed by atoms with Crippen molar-refractivity contribution < 1.29 is 9.59 Å². The molecule has 1 rings (SSSR count). The number of nitrogens with one attached hydrogen (secondary N) is 1. The Morgan fingerprint density at radius 1 is 1.26 bits per heavy atom. The zero-order valence-electron chi connectivity index (χ0n) is 12.0. The predicted molar refractivity (Wildman–Crippen MR) is 73.5 cm³/mol. The first-order valence-corrected chi connectivity index (χ1v) is 6.57. The molecule has 0 spiro atoms. The van der Waals surface area contributed by atoms with Crippen LogP contribution in [0.4, 0.5) is 4.79 Å². The second kappa shape index (κ2) is 6.31. The monoisotopic (exact) mass is 271 g/mol. The van der Waals surface area contributed by atoms with Crippen molar-refractivity contribution in [2.24, 2.45) is 11.5 Å². The van der Waals surface area contributed by atoms with E-state index in [0.29, 0.717) is 6.54 Å². The smallest absolute Gasteiger partial charge is 0.318 e. The topological polar surface area (TPSA) is 105 Å². The maximum Gasteiger partial charge on any atom is 0.318 e. The summed E-state index contributed by atoms with van der Waals surface area (Å²) in [5.41, 5.74) is 10.7. The number of carbonyl (C=O) groups is 2. The van der Waals surface area contributed by atoms with Crippen LogP contribution in [0.2, 0.25) is 0 Å². The third kappa shape index (κ3) is 4.15. The minimum Gasteiger partial charge on any atom is -0.351 e. The fourth-order valence-electron chi connectivity index (χ4n) is 2.24. The number of primary amides is 1. The Hall–Kier alpha value is -1.18. The van der Waals surface area contributed by atoms with Crippen LogP contribution in [0.1, 0.15) is 20.8 Å². The molecule has 0 aromatic heterocycles. The summed E-state index contributed by atoms with van der Waals surface area (Å²) in [6, 6.07) is -1.16. The lowest BCUT2D eigenvalue weighted by Crippen LogP contribution is -2.60. The van der Waals surface area contributed by atoms with Gasteiger partial charge in [0.15, 0.2) is 0 Å². The van der Waals surface area contributed by atoms with Crippen molar-refractivity contribution >= 4 is 11.9 Å². The van der Waals surface area contributed by atoms with Crippen LogP contribution in [0, 0.1) is 0 Å². The molecule has 0 aromatic carbocycles. The number of nitrogens with zero attached hydrogens (tertiary/aromatic N) is 2. The molecule has 0 aliphatic carbocycles. The molecule has 1 saturated heterocycles. The number of urea groups is 1. The maximum absolute atomic E-state index is 11.7. The zero-order chi connectivity index (χ0) is 14.6. The lowest BCUT2D eigenvalue weighted by molar-refractivity contribution is -0.125. The highest BCUT2D eigenvalue weighted by Gasteiger charge is 2.31. The fraction of sp³-hybridized carbons (Fsp3) is 0.833. The summed E-state index contributed by atoms with van der Waals surface area (Å²) in [4.78, 5) is 26.7. The molecular weight excluding hydrogens is 246 g/mol. The van der Waals surface area contributed by atoms with Crippen LogP contribution in [0.25, 0.3) is 0 Å². The van der Waals surface area contributed by atoms with Crippen molar-refractivity contribution in [2.75, 3.05) is 32.7 Å². The van der Waals surface area contributed by atoms with Crippen LogP contribution >= 0.6 is 0 Å². The van der Waals surface area contributed by atoms with Gasteiger partial charge in [0.25, 0.3) is 0 Å². The van der Waals surface area contributed by atoms with E-state index in [2.05, 4.69) is 24.1 Å². The first-order valence-electron chi connectivity index (χ1n) is 6.57. The number of imide groups is 1. The molecule has 1 heterocycles. The summed E-state index contributed by atoms with van der Waals surface area (Å²) in [5, 5.41) is 2.12. The summed E-state index contributed by atoms with van der Waals surface area (Å²) >= 11 is 0. The summed E-state index contributed by atoms with van der Waals surface area (Å²) in [7, 11) is 0. The lowest BCUT2D eigenvalue weighted by Gasteiger charge is -2.44. The molecule has 5 N–H and O–H groups in total. The van der Waals surface area contributed by atoms with Crippen molar-refractivity contribution in [2.45, 2.75) is 32.4 Å². The quantitative estimate of drug-likeness (QED) is 0.603. The second-order valence-corrected chi connectivity index (χ2v) is 5.57. The molecule has 3 amide bonds. The summed E-state index contributed by atoms with van der Waals surface area (Å²) < 4.78 is 0. The number of rotatable bonds is 4. The van der Waals surface area contributed by atoms with E-state index >= 15 is 0 Å². The summed E-state index contributed by atoms with van der Waals surface area (Å²) in [6.07, 6.45) is 0. The lowest BCUT2D eigenvalue weighted by atomic mass is 10.0. The van der Waals surface area contributed by atoms with E-state index in [0.717, 1.165) is 26.2 Å². The van der Waals surface area contributed by atoms with Crippen LogP contribution in [0.15, 0.2) is 0 Å². The second-order valence-electron chi connectivity index (χ2n) is 5.57. The number of hydrogen-bond donors (Lipinski definition) is 3. The summed E-state index contributed by atoms with van der Waals surface area (Å²) in [5.74, 6) is -0.348. The Morgan fingerprint density at radius 2 is 1.79 bits per heavy atom. The normalized spacial score (nSPS) is 20.0. The number of amides is 3. The Kier molecular flexibility index (Phi) is 5.28. The van der Waals surface area contributed by atoms with E-state index in [1.165, 1.54) is 0 Å². The van der Waals surface area contributed by atoms with Gasteiger partial charge in [-0.15, -0.1) is 0 Å². The first kappa shape index (κ1) is 15.9. The van der Waals surface area contributed by atoms with E-state index in [1.54, 1.807) is 6.92 Å². The maximum atomic E-state index is 11.7. The van der Waals surface area contributed by atoms with Gasteiger partial charge in [-0.25, -0.2) is 4.79 Å². The molecule has 19 heavy (non-hydrogen) atoms. The van der Waals surface area contributed by atoms with Crippen LogP contribution in [0.3, 0.4) is 0 Å². The molecule has 0 saturated carbocycles. The van der Waals surface area contributed by atoms with Crippen LogP contribution in [0.5, 0.6) is 0 Å². The van der Waals surface area contributed by atoms with Crippen LogP contribution < -0.4 is 16.8 Å². The number of hydrogen-bond acceptors (Lipinski definition) is 5. The van der Waals surface area contributed by atoms with Gasteiger partial charge in [0.1, 0.15) is 0 Å². The third-order valence-corrected chi connectivity index (χ3v) is 3.84. The number of nitrogens with two attached hydrogens (primary N) is 2. The number of piperazine rings is 1. The minimum absolute atomic E-state index is 0.0230. The molecule has 7 nitrogen and oxygen atoms in total. The average Bonchev–Trinajstić information content (AvgIpc) is 2.37. The molecule has 0 bridgehead atoms. The highest BCUT2D eigenvalue weighted by molar-refractivity contribution is 5.96. The standard InChI is InChI=1S/C12H25N5O2/c1-9(10(18)15-11(14)19)16-4-6-17(7-5-16)12(2,3)8-13/h9H,4-8,13H2,1-3H3,(H3,14,15,18,19). The van der Waals surface area contributed by atoms with E-state index in [9.17, 15) is 9.59 Å². The van der Waals surface area contributed by atoms with Crippen LogP contribution in [-0.2, 0) is 4.79 Å². The van der Waals surface area contributed by atoms with Crippen molar-refractivity contribution in [3.05, 3.63) is 0 Å². The van der Waals surface area contributed by atoms with Crippen molar-refractivity contribution in [1.82, 2.24) is 15.1 Å². The molecule has 1 fully saturated rings. The van der Waals surface area contributed by atoms with Crippen molar-refractivity contribution in [3.8, 4) is 0 Å². The molecular formula is C12H25N5O2. The van der Waals surface area contributed by atoms with Gasteiger partial charge in [0, 0.05) is 38.3 Å². The average molecular weight is 271 g/mol. The van der Waals surface area contributed by atoms with E-state index < -0.39 is 6.03 Å². The molecule has 1 atom stereocenters. The van der Waals surface area contributed by atoms with Gasteiger partial charge < -0.3 is 11.5 Å². The molecule has 0 radical (unpaired) electrons. The summed E-state index contributed by atoms with van der Waals surface area (Å²) in [6.45, 7) is 9.88. The highest BCUT2D eigenvalue weighted by Crippen LogP contribution is 2.16. The Balaban J connectivity index is 2.49. The van der Waals surface area contributed by atoms with Crippen LogP contribution in [-0.4, -0.2) is 66.0 Å². The number of carbonyl (C=O) groups excluding carboxylic acids is 2. The molecule has 110 valence electrons. The van der Waals surface area contributed by atoms with Gasteiger partial charge in [0.2, 0.25) is 5.91 Å². The Bertz CT molecular complexity index is 337. The van der Waals surface area contributed by atoms with Gasteiger partial charge in [-0.2, -0.15) is 0 Å². The SMILES string of the molecule is CC(C(=O)NC(N)=O)N1CCN(C(C)(C)CN)CC1. The van der Waals surface area contributed by atoms with Gasteiger partial charge in [-0.05, 0) is 20.8 Å². The van der Waals surface area contributed by atoms with Gasteiger partial charge in [-0.1, -0.05) is 0 Å².